The first-order valence-electron chi connectivity index (χ1n) is 8.88. The van der Waals surface area contributed by atoms with Crippen molar-refractivity contribution >= 4 is 24.2 Å². The van der Waals surface area contributed by atoms with Crippen LogP contribution in [0.4, 0.5) is 0 Å². The normalized spacial score (nSPS) is 34.7. The zero-order valence-corrected chi connectivity index (χ0v) is 14.8. The molecule has 3 fully saturated rings. The molecule has 1 saturated heterocycles. The Balaban J connectivity index is 0.00000192. The summed E-state index contributed by atoms with van der Waals surface area (Å²) in [4.78, 5) is 26.1. The Hall–Kier alpha value is -0.810. The number of carbonyl (C=O) groups excluding carboxylic acids is 2. The van der Waals surface area contributed by atoms with Crippen LogP contribution in [0.15, 0.2) is 0 Å². The number of rotatable bonds is 4. The fraction of sp³-hybridized carbons (Fsp3) is 0.882. The van der Waals surface area contributed by atoms with Crippen LogP contribution in [0.5, 0.6) is 0 Å². The maximum Gasteiger partial charge on any atom is 0.223 e. The van der Waals surface area contributed by atoms with Gasteiger partial charge in [-0.05, 0) is 50.9 Å². The molecule has 132 valence electrons. The van der Waals surface area contributed by atoms with Gasteiger partial charge in [0, 0.05) is 37.5 Å². The van der Waals surface area contributed by atoms with Crippen LogP contribution < -0.4 is 11.1 Å². The van der Waals surface area contributed by atoms with E-state index in [1.807, 2.05) is 11.8 Å². The molecule has 0 aromatic carbocycles. The predicted octanol–water partition coefficient (Wildman–Crippen LogP) is 1.69. The van der Waals surface area contributed by atoms with Gasteiger partial charge in [0.25, 0.3) is 0 Å². The Morgan fingerprint density at radius 3 is 2.52 bits per heavy atom. The van der Waals surface area contributed by atoms with Gasteiger partial charge in [0.15, 0.2) is 0 Å². The lowest BCUT2D eigenvalue weighted by molar-refractivity contribution is -0.131. The zero-order valence-electron chi connectivity index (χ0n) is 14.0. The molecule has 3 unspecified atom stereocenters. The molecule has 2 saturated carbocycles. The average molecular weight is 344 g/mol. The maximum atomic E-state index is 12.5. The molecule has 3 atom stereocenters. The molecule has 2 aliphatic carbocycles. The molecule has 0 spiro atoms. The molecule has 1 aliphatic heterocycles. The number of hydrogen-bond acceptors (Lipinski definition) is 3. The highest BCUT2D eigenvalue weighted by Gasteiger charge is 2.40. The van der Waals surface area contributed by atoms with Gasteiger partial charge in [-0.25, -0.2) is 0 Å². The SMILES string of the molecule is CC(CN1CCCC1=O)NC(=O)C1CC2CCCC(C1)C2N.Cl. The van der Waals surface area contributed by atoms with E-state index in [0.29, 0.717) is 30.8 Å². The largest absolute Gasteiger partial charge is 0.352 e. The number of halogens is 1. The smallest absolute Gasteiger partial charge is 0.223 e. The Bertz CT molecular complexity index is 432. The summed E-state index contributed by atoms with van der Waals surface area (Å²) in [5.41, 5.74) is 6.30. The van der Waals surface area contributed by atoms with E-state index in [1.54, 1.807) is 0 Å². The van der Waals surface area contributed by atoms with Crippen molar-refractivity contribution in [2.24, 2.45) is 23.5 Å². The minimum atomic E-state index is 0. The fourth-order valence-corrected chi connectivity index (χ4v) is 4.64. The van der Waals surface area contributed by atoms with Crippen LogP contribution in [-0.2, 0) is 9.59 Å². The van der Waals surface area contributed by atoms with Gasteiger partial charge in [-0.1, -0.05) is 6.42 Å². The summed E-state index contributed by atoms with van der Waals surface area (Å²) < 4.78 is 0. The first-order valence-corrected chi connectivity index (χ1v) is 8.88. The number of hydrogen-bond donors (Lipinski definition) is 2. The van der Waals surface area contributed by atoms with E-state index in [0.717, 1.165) is 25.8 Å². The van der Waals surface area contributed by atoms with Crippen LogP contribution in [0.2, 0.25) is 0 Å². The molecule has 1 heterocycles. The summed E-state index contributed by atoms with van der Waals surface area (Å²) in [6.07, 6.45) is 7.12. The molecule has 0 aromatic rings. The molecule has 5 nitrogen and oxygen atoms in total. The highest BCUT2D eigenvalue weighted by molar-refractivity contribution is 5.85. The number of nitrogens with one attached hydrogen (secondary N) is 1. The lowest BCUT2D eigenvalue weighted by Gasteiger charge is -2.43. The van der Waals surface area contributed by atoms with Crippen molar-refractivity contribution in [2.45, 2.75) is 64.0 Å². The third kappa shape index (κ3) is 4.18. The topological polar surface area (TPSA) is 75.4 Å². The standard InChI is InChI=1S/C17H29N3O2.ClH/c1-11(10-20-7-3-6-15(20)21)19-17(22)14-8-12-4-2-5-13(9-14)16(12)18;/h11-14,16H,2-10,18H2,1H3,(H,19,22);1H. The van der Waals surface area contributed by atoms with Gasteiger partial charge in [-0.15, -0.1) is 12.4 Å². The van der Waals surface area contributed by atoms with Crippen molar-refractivity contribution < 1.29 is 9.59 Å². The van der Waals surface area contributed by atoms with E-state index in [9.17, 15) is 9.59 Å². The van der Waals surface area contributed by atoms with Crippen LogP contribution in [0, 0.1) is 17.8 Å². The Labute approximate surface area is 145 Å². The van der Waals surface area contributed by atoms with Crippen LogP contribution in [0.1, 0.15) is 51.9 Å². The lowest BCUT2D eigenvalue weighted by atomic mass is 9.65. The number of amides is 2. The van der Waals surface area contributed by atoms with Gasteiger partial charge < -0.3 is 16.0 Å². The molecule has 23 heavy (non-hydrogen) atoms. The van der Waals surface area contributed by atoms with Crippen LogP contribution in [0.25, 0.3) is 0 Å². The van der Waals surface area contributed by atoms with E-state index >= 15 is 0 Å². The molecule has 3 N–H and O–H groups in total. The Morgan fingerprint density at radius 2 is 1.96 bits per heavy atom. The second-order valence-electron chi connectivity index (χ2n) is 7.55. The minimum Gasteiger partial charge on any atom is -0.352 e. The molecule has 2 bridgehead atoms. The van der Waals surface area contributed by atoms with Crippen molar-refractivity contribution in [3.05, 3.63) is 0 Å². The van der Waals surface area contributed by atoms with E-state index < -0.39 is 0 Å². The molecule has 0 aromatic heterocycles. The number of nitrogens with zero attached hydrogens (tertiary/aromatic N) is 1. The zero-order chi connectivity index (χ0) is 15.7. The van der Waals surface area contributed by atoms with Crippen LogP contribution >= 0.6 is 12.4 Å². The van der Waals surface area contributed by atoms with E-state index in [2.05, 4.69) is 5.32 Å². The van der Waals surface area contributed by atoms with E-state index in [-0.39, 0.29) is 36.2 Å². The molecule has 0 radical (unpaired) electrons. The van der Waals surface area contributed by atoms with E-state index in [1.165, 1.54) is 19.3 Å². The minimum absolute atomic E-state index is 0. The average Bonchev–Trinajstić information content (AvgIpc) is 2.83. The van der Waals surface area contributed by atoms with Gasteiger partial charge >= 0.3 is 0 Å². The van der Waals surface area contributed by atoms with Crippen molar-refractivity contribution in [1.29, 1.82) is 0 Å². The Kier molecular flexibility index (Phi) is 6.32. The third-order valence-corrected chi connectivity index (χ3v) is 5.84. The lowest BCUT2D eigenvalue weighted by Crippen LogP contribution is -2.51. The first kappa shape index (κ1) is 18.5. The molecule has 2 amide bonds. The summed E-state index contributed by atoms with van der Waals surface area (Å²) in [6, 6.07) is 0.336. The van der Waals surface area contributed by atoms with Crippen molar-refractivity contribution in [2.75, 3.05) is 13.1 Å². The van der Waals surface area contributed by atoms with Crippen molar-refractivity contribution in [1.82, 2.24) is 10.2 Å². The number of carbonyl (C=O) groups is 2. The van der Waals surface area contributed by atoms with Gasteiger partial charge in [0.1, 0.15) is 0 Å². The number of likely N-dealkylation sites (tertiary alicyclic amines) is 1. The fourth-order valence-electron chi connectivity index (χ4n) is 4.64. The molecular weight excluding hydrogens is 314 g/mol. The van der Waals surface area contributed by atoms with Crippen molar-refractivity contribution in [3.63, 3.8) is 0 Å². The van der Waals surface area contributed by atoms with Gasteiger partial charge in [-0.3, -0.25) is 9.59 Å². The highest BCUT2D eigenvalue weighted by Crippen LogP contribution is 2.41. The number of nitrogens with two attached hydrogens (primary N) is 1. The van der Waals surface area contributed by atoms with Gasteiger partial charge in [0.05, 0.1) is 0 Å². The van der Waals surface area contributed by atoms with Gasteiger partial charge in [-0.2, -0.15) is 0 Å². The second-order valence-corrected chi connectivity index (χ2v) is 7.55. The first-order chi connectivity index (χ1) is 10.5. The summed E-state index contributed by atoms with van der Waals surface area (Å²) >= 11 is 0. The summed E-state index contributed by atoms with van der Waals surface area (Å²) in [6.45, 7) is 3.48. The highest BCUT2D eigenvalue weighted by atomic mass is 35.5. The summed E-state index contributed by atoms with van der Waals surface area (Å²) in [5.74, 6) is 1.56. The molecule has 3 aliphatic rings. The third-order valence-electron chi connectivity index (χ3n) is 5.84. The van der Waals surface area contributed by atoms with E-state index in [4.69, 9.17) is 5.73 Å². The number of fused-ring (bicyclic) bond motifs is 2. The second kappa shape index (κ2) is 7.84. The van der Waals surface area contributed by atoms with Gasteiger partial charge in [0.2, 0.25) is 11.8 Å². The molecular formula is C17H30ClN3O2. The van der Waals surface area contributed by atoms with Crippen LogP contribution in [0.3, 0.4) is 0 Å². The molecule has 3 rings (SSSR count). The summed E-state index contributed by atoms with van der Waals surface area (Å²) in [7, 11) is 0. The summed E-state index contributed by atoms with van der Waals surface area (Å²) in [5, 5.41) is 3.13. The molecule has 6 heteroatoms. The van der Waals surface area contributed by atoms with Crippen molar-refractivity contribution in [3.8, 4) is 0 Å². The predicted molar refractivity (Wildman–Crippen MR) is 92.2 cm³/mol. The Morgan fingerprint density at radius 1 is 1.30 bits per heavy atom. The quantitative estimate of drug-likeness (QED) is 0.815. The maximum absolute atomic E-state index is 12.5. The van der Waals surface area contributed by atoms with Crippen LogP contribution in [-0.4, -0.2) is 41.9 Å². The monoisotopic (exact) mass is 343 g/mol.